The van der Waals surface area contributed by atoms with E-state index in [0.29, 0.717) is 17.5 Å². The third kappa shape index (κ3) is 4.56. The lowest BCUT2D eigenvalue weighted by atomic mass is 10.2. The summed E-state index contributed by atoms with van der Waals surface area (Å²) in [6.45, 7) is 4.99. The summed E-state index contributed by atoms with van der Waals surface area (Å²) < 4.78 is 2.01. The van der Waals surface area contributed by atoms with Crippen LogP contribution in [0.4, 0.5) is 0 Å². The van der Waals surface area contributed by atoms with E-state index in [9.17, 15) is 4.79 Å². The molecule has 0 bridgehead atoms. The van der Waals surface area contributed by atoms with Gasteiger partial charge in [0.25, 0.3) is 0 Å². The van der Waals surface area contributed by atoms with Gasteiger partial charge in [-0.05, 0) is 17.5 Å². The summed E-state index contributed by atoms with van der Waals surface area (Å²) in [7, 11) is 0. The fourth-order valence-electron chi connectivity index (χ4n) is 1.92. The van der Waals surface area contributed by atoms with Gasteiger partial charge < -0.3 is 9.67 Å². The largest absolute Gasteiger partial charge is 0.481 e. The Labute approximate surface area is 127 Å². The number of aliphatic carboxylic acids is 1. The Morgan fingerprint density at radius 1 is 1.43 bits per heavy atom. The highest BCUT2D eigenvalue weighted by Crippen LogP contribution is 2.20. The van der Waals surface area contributed by atoms with Gasteiger partial charge in [-0.15, -0.1) is 10.2 Å². The summed E-state index contributed by atoms with van der Waals surface area (Å²) in [6, 6.07) is 3.88. The summed E-state index contributed by atoms with van der Waals surface area (Å²) >= 11 is 1.20. The number of carboxylic acids is 1. The molecule has 2 aromatic rings. The van der Waals surface area contributed by atoms with Crippen LogP contribution in [0, 0.1) is 5.92 Å². The number of aromatic nitrogens is 4. The number of thioether (sulfide) groups is 1. The van der Waals surface area contributed by atoms with Gasteiger partial charge in [-0.3, -0.25) is 9.78 Å². The second-order valence-electron chi connectivity index (χ2n) is 5.12. The predicted molar refractivity (Wildman–Crippen MR) is 80.3 cm³/mol. The molecule has 6 nitrogen and oxygen atoms in total. The molecule has 0 radical (unpaired) electrons. The molecule has 7 heteroatoms. The zero-order valence-electron chi connectivity index (χ0n) is 12.1. The highest BCUT2D eigenvalue weighted by atomic mass is 32.2. The molecule has 0 aliphatic carbocycles. The van der Waals surface area contributed by atoms with E-state index in [0.717, 1.165) is 17.9 Å². The van der Waals surface area contributed by atoms with Crippen molar-refractivity contribution in [3.8, 4) is 0 Å². The molecule has 0 amide bonds. The van der Waals surface area contributed by atoms with Crippen molar-refractivity contribution in [3.63, 3.8) is 0 Å². The molecule has 0 fully saturated rings. The van der Waals surface area contributed by atoms with Crippen molar-refractivity contribution >= 4 is 17.7 Å². The number of carbonyl (C=O) groups is 1. The normalized spacial score (nSPS) is 11.0. The first kappa shape index (κ1) is 15.5. The molecule has 0 spiro atoms. The number of rotatable bonds is 7. The fraction of sp³-hybridized carbons (Fsp3) is 0.429. The summed E-state index contributed by atoms with van der Waals surface area (Å²) in [5.41, 5.74) is 1.06. The van der Waals surface area contributed by atoms with Crippen molar-refractivity contribution in [2.45, 2.75) is 32.0 Å². The van der Waals surface area contributed by atoms with Gasteiger partial charge in [0, 0.05) is 25.4 Å². The number of pyridine rings is 1. The van der Waals surface area contributed by atoms with E-state index in [1.807, 2.05) is 16.7 Å². The maximum Gasteiger partial charge on any atom is 0.313 e. The molecule has 0 aliphatic rings. The Morgan fingerprint density at radius 2 is 2.24 bits per heavy atom. The van der Waals surface area contributed by atoms with Crippen molar-refractivity contribution < 1.29 is 9.90 Å². The molecule has 0 saturated heterocycles. The number of nitrogens with zero attached hydrogens (tertiary/aromatic N) is 4. The molecule has 0 aliphatic heterocycles. The standard InChI is InChI=1S/C14H18N4O2S/c1-10(2)8-18-12(6-11-4-3-5-15-7-11)16-17-14(18)21-9-13(19)20/h3-5,7,10H,6,8-9H2,1-2H3,(H,19,20). The minimum Gasteiger partial charge on any atom is -0.481 e. The third-order valence-electron chi connectivity index (χ3n) is 2.75. The molecular weight excluding hydrogens is 288 g/mol. The first-order valence-electron chi connectivity index (χ1n) is 6.72. The summed E-state index contributed by atoms with van der Waals surface area (Å²) in [4.78, 5) is 14.8. The summed E-state index contributed by atoms with van der Waals surface area (Å²) in [5, 5.41) is 17.8. The molecule has 0 atom stereocenters. The van der Waals surface area contributed by atoms with E-state index in [-0.39, 0.29) is 5.75 Å². The van der Waals surface area contributed by atoms with Crippen LogP contribution < -0.4 is 0 Å². The lowest BCUT2D eigenvalue weighted by molar-refractivity contribution is -0.133. The average molecular weight is 306 g/mol. The van der Waals surface area contributed by atoms with Crippen molar-refractivity contribution in [2.24, 2.45) is 5.92 Å². The van der Waals surface area contributed by atoms with Crippen molar-refractivity contribution in [3.05, 3.63) is 35.9 Å². The fourth-order valence-corrected chi connectivity index (χ4v) is 2.60. The van der Waals surface area contributed by atoms with Gasteiger partial charge in [0.1, 0.15) is 5.82 Å². The average Bonchev–Trinajstić information content (AvgIpc) is 2.79. The van der Waals surface area contributed by atoms with E-state index in [4.69, 9.17) is 5.11 Å². The van der Waals surface area contributed by atoms with Gasteiger partial charge in [-0.2, -0.15) is 0 Å². The van der Waals surface area contributed by atoms with Crippen LogP contribution in [0.5, 0.6) is 0 Å². The molecule has 0 saturated carbocycles. The molecule has 0 aromatic carbocycles. The Kier molecular flexibility index (Phi) is 5.32. The maximum absolute atomic E-state index is 10.7. The van der Waals surface area contributed by atoms with Crippen molar-refractivity contribution in [1.82, 2.24) is 19.7 Å². The monoisotopic (exact) mass is 306 g/mol. The van der Waals surface area contributed by atoms with E-state index in [2.05, 4.69) is 29.0 Å². The lowest BCUT2D eigenvalue weighted by Gasteiger charge is -2.12. The molecule has 112 valence electrons. The molecule has 2 rings (SSSR count). The van der Waals surface area contributed by atoms with Crippen LogP contribution in [0.25, 0.3) is 0 Å². The van der Waals surface area contributed by atoms with Crippen molar-refractivity contribution in [2.75, 3.05) is 5.75 Å². The molecule has 1 N–H and O–H groups in total. The molecule has 0 unspecified atom stereocenters. The highest BCUT2D eigenvalue weighted by Gasteiger charge is 2.15. The van der Waals surface area contributed by atoms with Gasteiger partial charge in [-0.1, -0.05) is 31.7 Å². The Hall–Kier alpha value is -1.89. The van der Waals surface area contributed by atoms with E-state index in [1.165, 1.54) is 11.8 Å². The van der Waals surface area contributed by atoms with Crippen LogP contribution in [0.1, 0.15) is 25.2 Å². The van der Waals surface area contributed by atoms with E-state index in [1.54, 1.807) is 12.4 Å². The van der Waals surface area contributed by atoms with Gasteiger partial charge in [0.15, 0.2) is 5.16 Å². The van der Waals surface area contributed by atoms with Gasteiger partial charge in [-0.25, -0.2) is 0 Å². The van der Waals surface area contributed by atoms with E-state index < -0.39 is 5.97 Å². The summed E-state index contributed by atoms with van der Waals surface area (Å²) in [5.74, 6) is 0.402. The number of hydrogen-bond acceptors (Lipinski definition) is 5. The predicted octanol–water partition coefficient (Wildman–Crippen LogP) is 2.10. The molecular formula is C14H18N4O2S. The van der Waals surface area contributed by atoms with Crippen LogP contribution in [0.2, 0.25) is 0 Å². The van der Waals surface area contributed by atoms with Crippen molar-refractivity contribution in [1.29, 1.82) is 0 Å². The topological polar surface area (TPSA) is 80.9 Å². The Morgan fingerprint density at radius 3 is 2.86 bits per heavy atom. The zero-order valence-corrected chi connectivity index (χ0v) is 12.9. The summed E-state index contributed by atoms with van der Waals surface area (Å²) in [6.07, 6.45) is 4.18. The number of hydrogen-bond donors (Lipinski definition) is 1. The van der Waals surface area contributed by atoms with Gasteiger partial charge in [0.2, 0.25) is 0 Å². The lowest BCUT2D eigenvalue weighted by Crippen LogP contribution is -2.11. The van der Waals surface area contributed by atoms with E-state index >= 15 is 0 Å². The zero-order chi connectivity index (χ0) is 15.2. The van der Waals surface area contributed by atoms with Gasteiger partial charge >= 0.3 is 5.97 Å². The quantitative estimate of drug-likeness (QED) is 0.789. The first-order valence-corrected chi connectivity index (χ1v) is 7.70. The van der Waals surface area contributed by atoms with Crippen LogP contribution in [-0.4, -0.2) is 36.6 Å². The van der Waals surface area contributed by atoms with Crippen LogP contribution >= 0.6 is 11.8 Å². The second kappa shape index (κ2) is 7.21. The van der Waals surface area contributed by atoms with Crippen LogP contribution in [0.15, 0.2) is 29.7 Å². The molecule has 21 heavy (non-hydrogen) atoms. The van der Waals surface area contributed by atoms with Crippen LogP contribution in [-0.2, 0) is 17.8 Å². The first-order chi connectivity index (χ1) is 10.1. The van der Waals surface area contributed by atoms with Gasteiger partial charge in [0.05, 0.1) is 5.75 Å². The maximum atomic E-state index is 10.7. The minimum absolute atomic E-state index is 0.0108. The smallest absolute Gasteiger partial charge is 0.313 e. The second-order valence-corrected chi connectivity index (χ2v) is 6.07. The SMILES string of the molecule is CC(C)Cn1c(Cc2cccnc2)nnc1SCC(=O)O. The molecule has 2 aromatic heterocycles. The molecule has 2 heterocycles. The minimum atomic E-state index is -0.854. The van der Waals surface area contributed by atoms with Crippen LogP contribution in [0.3, 0.4) is 0 Å². The highest BCUT2D eigenvalue weighted by molar-refractivity contribution is 7.99. The Bertz CT molecular complexity index is 598. The Balaban J connectivity index is 2.21. The number of carboxylic acid groups (broad SMARTS) is 1. The third-order valence-corrected chi connectivity index (χ3v) is 3.70.